The van der Waals surface area contributed by atoms with Crippen LogP contribution in [-0.4, -0.2) is 31.8 Å². The average Bonchev–Trinajstić information content (AvgIpc) is 3.16. The standard InChI is InChI=1S/C17H22ClF2N5O/c1-3-4-10-25-16(18)13(12(2)23-25)5-6-15(26)22-8-7-14-21-9-11-24(14)17(19)20/h5-6,9,11,17H,3-4,7-8,10H2,1-2H3,(H,22,26)/b6-5+. The highest BCUT2D eigenvalue weighted by Gasteiger charge is 2.12. The molecule has 0 spiro atoms. The Hall–Kier alpha value is -2.22. The molecule has 0 radical (unpaired) electrons. The Labute approximate surface area is 155 Å². The van der Waals surface area contributed by atoms with Crippen LogP contribution in [0.2, 0.25) is 5.15 Å². The number of carbonyl (C=O) groups is 1. The van der Waals surface area contributed by atoms with Crippen LogP contribution in [0, 0.1) is 6.92 Å². The zero-order valence-electron chi connectivity index (χ0n) is 14.8. The van der Waals surface area contributed by atoms with E-state index < -0.39 is 6.55 Å². The summed E-state index contributed by atoms with van der Waals surface area (Å²) in [6, 6.07) is 0. The second-order valence-electron chi connectivity index (χ2n) is 5.77. The van der Waals surface area contributed by atoms with Gasteiger partial charge in [-0.05, 0) is 19.4 Å². The second kappa shape index (κ2) is 9.47. The van der Waals surface area contributed by atoms with Crippen molar-refractivity contribution in [3.63, 3.8) is 0 Å². The summed E-state index contributed by atoms with van der Waals surface area (Å²) in [4.78, 5) is 15.8. The molecule has 1 amide bonds. The van der Waals surface area contributed by atoms with Gasteiger partial charge in [0.2, 0.25) is 5.91 Å². The molecule has 2 rings (SSSR count). The number of unbranched alkanes of at least 4 members (excludes halogenated alkanes) is 1. The minimum Gasteiger partial charge on any atom is -0.352 e. The van der Waals surface area contributed by atoms with E-state index in [-0.39, 0.29) is 24.7 Å². The molecule has 0 unspecified atom stereocenters. The van der Waals surface area contributed by atoms with Crippen LogP contribution in [0.5, 0.6) is 0 Å². The number of halogens is 3. The largest absolute Gasteiger partial charge is 0.352 e. The van der Waals surface area contributed by atoms with Crippen LogP contribution in [0.3, 0.4) is 0 Å². The second-order valence-corrected chi connectivity index (χ2v) is 6.13. The first kappa shape index (κ1) is 20.1. The summed E-state index contributed by atoms with van der Waals surface area (Å²) >= 11 is 6.30. The molecule has 0 aliphatic carbocycles. The molecule has 0 atom stereocenters. The maximum Gasteiger partial charge on any atom is 0.319 e. The van der Waals surface area contributed by atoms with Crippen LogP contribution in [0.4, 0.5) is 8.78 Å². The average molecular weight is 386 g/mol. The number of hydrogen-bond donors (Lipinski definition) is 1. The summed E-state index contributed by atoms with van der Waals surface area (Å²) in [7, 11) is 0. The molecule has 26 heavy (non-hydrogen) atoms. The summed E-state index contributed by atoms with van der Waals surface area (Å²) in [5.41, 5.74) is 1.44. The molecule has 0 bridgehead atoms. The van der Waals surface area contributed by atoms with E-state index in [9.17, 15) is 13.6 Å². The minimum atomic E-state index is -2.64. The Morgan fingerprint density at radius 2 is 2.23 bits per heavy atom. The van der Waals surface area contributed by atoms with Gasteiger partial charge in [-0.25, -0.2) is 4.98 Å². The van der Waals surface area contributed by atoms with Crippen molar-refractivity contribution in [2.24, 2.45) is 0 Å². The summed E-state index contributed by atoms with van der Waals surface area (Å²) in [6.07, 6.45) is 7.71. The monoisotopic (exact) mass is 385 g/mol. The molecular formula is C17H22ClF2N5O. The predicted molar refractivity (Wildman–Crippen MR) is 96.1 cm³/mol. The van der Waals surface area contributed by atoms with E-state index in [2.05, 4.69) is 22.3 Å². The van der Waals surface area contributed by atoms with Gasteiger partial charge in [0.15, 0.2) is 0 Å². The first-order valence-electron chi connectivity index (χ1n) is 8.42. The molecule has 0 aromatic carbocycles. The zero-order valence-corrected chi connectivity index (χ0v) is 15.5. The van der Waals surface area contributed by atoms with Crippen molar-refractivity contribution in [1.82, 2.24) is 24.6 Å². The highest BCUT2D eigenvalue weighted by atomic mass is 35.5. The van der Waals surface area contributed by atoms with E-state index in [0.29, 0.717) is 10.7 Å². The van der Waals surface area contributed by atoms with Crippen molar-refractivity contribution in [1.29, 1.82) is 0 Å². The van der Waals surface area contributed by atoms with Crippen molar-refractivity contribution in [2.45, 2.75) is 46.2 Å². The maximum atomic E-state index is 12.7. The quantitative estimate of drug-likeness (QED) is 0.670. The molecule has 0 saturated carbocycles. The van der Waals surface area contributed by atoms with E-state index in [1.165, 1.54) is 18.5 Å². The molecule has 6 nitrogen and oxygen atoms in total. The molecule has 2 aromatic rings. The lowest BCUT2D eigenvalue weighted by atomic mass is 10.2. The smallest absolute Gasteiger partial charge is 0.319 e. The molecule has 0 saturated heterocycles. The van der Waals surface area contributed by atoms with Crippen molar-refractivity contribution in [2.75, 3.05) is 6.54 Å². The molecule has 0 aliphatic heterocycles. The van der Waals surface area contributed by atoms with Gasteiger partial charge >= 0.3 is 6.55 Å². The van der Waals surface area contributed by atoms with Crippen LogP contribution in [0.1, 0.15) is 43.4 Å². The van der Waals surface area contributed by atoms with Gasteiger partial charge in [-0.1, -0.05) is 24.9 Å². The van der Waals surface area contributed by atoms with Gasteiger partial charge in [-0.3, -0.25) is 14.0 Å². The number of rotatable bonds is 9. The Morgan fingerprint density at radius 1 is 1.46 bits per heavy atom. The van der Waals surface area contributed by atoms with Crippen molar-refractivity contribution >= 4 is 23.6 Å². The maximum absolute atomic E-state index is 12.7. The van der Waals surface area contributed by atoms with Crippen LogP contribution in [0.25, 0.3) is 6.08 Å². The van der Waals surface area contributed by atoms with Crippen molar-refractivity contribution in [3.8, 4) is 0 Å². The summed E-state index contributed by atoms with van der Waals surface area (Å²) in [6.45, 7) is 2.21. The van der Waals surface area contributed by atoms with E-state index >= 15 is 0 Å². The van der Waals surface area contributed by atoms with Gasteiger partial charge in [0.05, 0.1) is 5.69 Å². The number of alkyl halides is 2. The SMILES string of the molecule is CCCCn1nc(C)c(/C=C/C(=O)NCCc2nccn2C(F)F)c1Cl. The Balaban J connectivity index is 1.89. The third kappa shape index (κ3) is 5.14. The van der Waals surface area contributed by atoms with E-state index in [4.69, 9.17) is 11.6 Å². The molecule has 2 heterocycles. The fraction of sp³-hybridized carbons (Fsp3) is 0.471. The lowest BCUT2D eigenvalue weighted by molar-refractivity contribution is -0.116. The van der Waals surface area contributed by atoms with Gasteiger partial charge in [0, 0.05) is 43.5 Å². The lowest BCUT2D eigenvalue weighted by Crippen LogP contribution is -2.24. The topological polar surface area (TPSA) is 64.7 Å². The van der Waals surface area contributed by atoms with Gasteiger partial charge in [-0.15, -0.1) is 0 Å². The number of hydrogen-bond acceptors (Lipinski definition) is 3. The number of nitrogens with zero attached hydrogens (tertiary/aromatic N) is 4. The van der Waals surface area contributed by atoms with Gasteiger partial charge in [-0.2, -0.15) is 13.9 Å². The van der Waals surface area contributed by atoms with Crippen LogP contribution in [0.15, 0.2) is 18.5 Å². The zero-order chi connectivity index (χ0) is 19.1. The molecule has 0 fully saturated rings. The molecule has 0 aliphatic rings. The third-order valence-corrected chi connectivity index (χ3v) is 4.24. The third-order valence-electron chi connectivity index (χ3n) is 3.84. The van der Waals surface area contributed by atoms with Gasteiger partial charge in [0.1, 0.15) is 11.0 Å². The van der Waals surface area contributed by atoms with Crippen LogP contribution >= 0.6 is 11.6 Å². The number of amides is 1. The fourth-order valence-electron chi connectivity index (χ4n) is 2.44. The highest BCUT2D eigenvalue weighted by molar-refractivity contribution is 6.31. The Kier molecular flexibility index (Phi) is 7.32. The van der Waals surface area contributed by atoms with Gasteiger partial charge < -0.3 is 5.32 Å². The first-order chi connectivity index (χ1) is 12.4. The first-order valence-corrected chi connectivity index (χ1v) is 8.80. The molecule has 2 aromatic heterocycles. The predicted octanol–water partition coefficient (Wildman–Crippen LogP) is 3.61. The summed E-state index contributed by atoms with van der Waals surface area (Å²) in [5.74, 6) is -0.114. The number of nitrogens with one attached hydrogen (secondary N) is 1. The summed E-state index contributed by atoms with van der Waals surface area (Å²) < 4.78 is 27.9. The number of imidazole rings is 1. The molecule has 1 N–H and O–H groups in total. The molecular weight excluding hydrogens is 364 g/mol. The van der Waals surface area contributed by atoms with Crippen molar-refractivity contribution in [3.05, 3.63) is 40.7 Å². The normalized spacial score (nSPS) is 11.6. The number of carbonyl (C=O) groups excluding carboxylic acids is 1. The highest BCUT2D eigenvalue weighted by Crippen LogP contribution is 2.21. The van der Waals surface area contributed by atoms with E-state index in [1.807, 2.05) is 6.92 Å². The van der Waals surface area contributed by atoms with E-state index in [0.717, 1.165) is 29.6 Å². The Morgan fingerprint density at radius 3 is 2.92 bits per heavy atom. The number of aryl methyl sites for hydroxylation is 2. The van der Waals surface area contributed by atoms with E-state index in [1.54, 1.807) is 10.8 Å². The van der Waals surface area contributed by atoms with Crippen LogP contribution < -0.4 is 5.32 Å². The summed E-state index contributed by atoms with van der Waals surface area (Å²) in [5, 5.41) is 7.51. The van der Waals surface area contributed by atoms with Crippen LogP contribution in [-0.2, 0) is 17.8 Å². The molecule has 142 valence electrons. The Bertz CT molecular complexity index is 769. The fourth-order valence-corrected chi connectivity index (χ4v) is 2.77. The van der Waals surface area contributed by atoms with Gasteiger partial charge in [0.25, 0.3) is 0 Å². The minimum absolute atomic E-state index is 0.204. The molecule has 9 heteroatoms. The number of aromatic nitrogens is 4. The van der Waals surface area contributed by atoms with Crippen molar-refractivity contribution < 1.29 is 13.6 Å². The lowest BCUT2D eigenvalue weighted by Gasteiger charge is -2.06.